The van der Waals surface area contributed by atoms with Crippen molar-refractivity contribution in [3.05, 3.63) is 82.8 Å². The van der Waals surface area contributed by atoms with Gasteiger partial charge < -0.3 is 5.32 Å². The van der Waals surface area contributed by atoms with E-state index in [-0.39, 0.29) is 5.91 Å². The van der Waals surface area contributed by atoms with Gasteiger partial charge in [0.2, 0.25) is 0 Å². The second-order valence-electron chi connectivity index (χ2n) is 5.50. The lowest BCUT2D eigenvalue weighted by Gasteiger charge is -2.05. The van der Waals surface area contributed by atoms with Gasteiger partial charge in [-0.3, -0.25) is 9.36 Å². The molecule has 0 unspecified atom stereocenters. The molecule has 0 aliphatic heterocycles. The van der Waals surface area contributed by atoms with Crippen molar-refractivity contribution < 1.29 is 4.79 Å². The molecular weight excluding hydrogens is 412 g/mol. The lowest BCUT2D eigenvalue weighted by Crippen LogP contribution is -2.10. The van der Waals surface area contributed by atoms with Crippen LogP contribution < -0.4 is 5.32 Å². The summed E-state index contributed by atoms with van der Waals surface area (Å²) in [7, 11) is 0. The van der Waals surface area contributed by atoms with Crippen molar-refractivity contribution in [1.29, 1.82) is 0 Å². The number of hydrogen-bond acceptors (Lipinski definition) is 4. The van der Waals surface area contributed by atoms with E-state index in [4.69, 9.17) is 0 Å². The van der Waals surface area contributed by atoms with Gasteiger partial charge in [0.05, 0.1) is 16.8 Å². The third kappa shape index (κ3) is 3.58. The number of carbonyl (C=O) groups excluding carboxylic acids is 1. The number of nitrogens with zero attached hydrogens (tertiary/aromatic N) is 3. The van der Waals surface area contributed by atoms with Gasteiger partial charge in [-0.1, -0.05) is 28.1 Å². The predicted molar refractivity (Wildman–Crippen MR) is 107 cm³/mol. The van der Waals surface area contributed by atoms with Gasteiger partial charge in [0.1, 0.15) is 12.1 Å². The minimum Gasteiger partial charge on any atom is -0.320 e. The van der Waals surface area contributed by atoms with Crippen LogP contribution in [0.15, 0.2) is 77.9 Å². The van der Waals surface area contributed by atoms with Gasteiger partial charge in [-0.05, 0) is 42.0 Å². The quantitative estimate of drug-likeness (QED) is 0.500. The second kappa shape index (κ2) is 7.23. The molecule has 4 aromatic rings. The molecule has 0 radical (unpaired) electrons. The van der Waals surface area contributed by atoms with Gasteiger partial charge in [0, 0.05) is 21.7 Å². The molecule has 5 nitrogen and oxygen atoms in total. The highest BCUT2D eigenvalue weighted by atomic mass is 79.9. The molecule has 1 amide bonds. The predicted octanol–water partition coefficient (Wildman–Crippen LogP) is 5.01. The Kier molecular flexibility index (Phi) is 4.64. The van der Waals surface area contributed by atoms with Crippen molar-refractivity contribution in [2.45, 2.75) is 0 Å². The van der Waals surface area contributed by atoms with Gasteiger partial charge in [-0.2, -0.15) is 0 Å². The Morgan fingerprint density at radius 1 is 1.08 bits per heavy atom. The van der Waals surface area contributed by atoms with Crippen LogP contribution >= 0.6 is 27.3 Å². The van der Waals surface area contributed by atoms with Gasteiger partial charge in [-0.25, -0.2) is 9.97 Å². The van der Waals surface area contributed by atoms with Crippen molar-refractivity contribution >= 4 is 38.9 Å². The summed E-state index contributed by atoms with van der Waals surface area (Å²) in [5.74, 6) is 0.602. The maximum atomic E-state index is 12.5. The number of thiophene rings is 1. The summed E-state index contributed by atoms with van der Waals surface area (Å²) in [4.78, 5) is 22.5. The first kappa shape index (κ1) is 16.7. The number of carbonyl (C=O) groups is 1. The molecular formula is C19H13BrN4OS. The first-order valence-electron chi connectivity index (χ1n) is 7.80. The number of nitrogens with one attached hydrogen (secondary N) is 1. The molecule has 4 rings (SSSR count). The van der Waals surface area contributed by atoms with Crippen LogP contribution in [0.4, 0.5) is 5.69 Å². The second-order valence-corrected chi connectivity index (χ2v) is 7.50. The molecule has 26 heavy (non-hydrogen) atoms. The average Bonchev–Trinajstić information content (AvgIpc) is 3.35. The maximum Gasteiger partial charge on any atom is 0.265 e. The maximum absolute atomic E-state index is 12.5. The zero-order valence-corrected chi connectivity index (χ0v) is 15.9. The normalized spacial score (nSPS) is 10.7. The van der Waals surface area contributed by atoms with E-state index in [0.717, 1.165) is 20.7 Å². The standard InChI is InChI=1S/C19H13BrN4OS/c20-14-3-1-13(2-4-14)16-6-7-17(26-16)19(25)23-15-5-8-18(22-11-15)24-10-9-21-12-24/h1-12H,(H,23,25). The van der Waals surface area contributed by atoms with E-state index in [1.54, 1.807) is 23.3 Å². The number of benzene rings is 1. The third-order valence-corrected chi connectivity index (χ3v) is 5.39. The summed E-state index contributed by atoms with van der Waals surface area (Å²) in [6.45, 7) is 0. The zero-order chi connectivity index (χ0) is 17.9. The number of halogens is 1. The number of amides is 1. The minimum atomic E-state index is -0.143. The fourth-order valence-electron chi connectivity index (χ4n) is 2.43. The largest absolute Gasteiger partial charge is 0.320 e. The lowest BCUT2D eigenvalue weighted by molar-refractivity contribution is 0.103. The Balaban J connectivity index is 1.47. The van der Waals surface area contributed by atoms with E-state index in [1.165, 1.54) is 11.3 Å². The Labute approximate surface area is 162 Å². The summed E-state index contributed by atoms with van der Waals surface area (Å²) in [5.41, 5.74) is 1.74. The van der Waals surface area contributed by atoms with Crippen LogP contribution in [0.2, 0.25) is 0 Å². The van der Waals surface area contributed by atoms with Gasteiger partial charge in [0.15, 0.2) is 0 Å². The van der Waals surface area contributed by atoms with Gasteiger partial charge in [-0.15, -0.1) is 11.3 Å². The number of rotatable bonds is 4. The summed E-state index contributed by atoms with van der Waals surface area (Å²) >= 11 is 4.89. The average molecular weight is 425 g/mol. The Morgan fingerprint density at radius 2 is 1.92 bits per heavy atom. The van der Waals surface area contributed by atoms with E-state index >= 15 is 0 Å². The van der Waals surface area contributed by atoms with Crippen LogP contribution in [0.25, 0.3) is 16.3 Å². The molecule has 0 saturated carbocycles. The fourth-order valence-corrected chi connectivity index (χ4v) is 3.60. The summed E-state index contributed by atoms with van der Waals surface area (Å²) < 4.78 is 2.83. The molecule has 1 N–H and O–H groups in total. The van der Waals surface area contributed by atoms with Crippen LogP contribution in [0.3, 0.4) is 0 Å². The lowest BCUT2D eigenvalue weighted by atomic mass is 10.2. The number of aromatic nitrogens is 3. The monoisotopic (exact) mass is 424 g/mol. The van der Waals surface area contributed by atoms with Crippen LogP contribution in [0.1, 0.15) is 9.67 Å². The Bertz CT molecular complexity index is 1020. The minimum absolute atomic E-state index is 0.143. The molecule has 3 aromatic heterocycles. The highest BCUT2D eigenvalue weighted by Gasteiger charge is 2.11. The number of hydrogen-bond donors (Lipinski definition) is 1. The molecule has 0 aliphatic rings. The van der Waals surface area contributed by atoms with Crippen LogP contribution in [-0.4, -0.2) is 20.4 Å². The van der Waals surface area contributed by atoms with Crippen LogP contribution in [-0.2, 0) is 0 Å². The van der Waals surface area contributed by atoms with E-state index in [9.17, 15) is 4.79 Å². The van der Waals surface area contributed by atoms with Crippen LogP contribution in [0.5, 0.6) is 0 Å². The molecule has 0 bridgehead atoms. The summed E-state index contributed by atoms with van der Waals surface area (Å²) in [6.07, 6.45) is 6.82. The SMILES string of the molecule is O=C(Nc1ccc(-n2ccnc2)nc1)c1ccc(-c2ccc(Br)cc2)s1. The Morgan fingerprint density at radius 3 is 2.62 bits per heavy atom. The molecule has 0 atom stereocenters. The van der Waals surface area contributed by atoms with E-state index in [1.807, 2.05) is 54.7 Å². The number of anilines is 1. The number of pyridine rings is 1. The third-order valence-electron chi connectivity index (χ3n) is 3.73. The van der Waals surface area contributed by atoms with E-state index in [2.05, 4.69) is 31.2 Å². The topological polar surface area (TPSA) is 59.8 Å². The van der Waals surface area contributed by atoms with E-state index in [0.29, 0.717) is 10.6 Å². The summed E-state index contributed by atoms with van der Waals surface area (Å²) in [6, 6.07) is 15.5. The highest BCUT2D eigenvalue weighted by Crippen LogP contribution is 2.29. The molecule has 3 heterocycles. The molecule has 128 valence electrons. The van der Waals surface area contributed by atoms with Crippen molar-refractivity contribution in [2.24, 2.45) is 0 Å². The van der Waals surface area contributed by atoms with Gasteiger partial charge >= 0.3 is 0 Å². The first-order valence-corrected chi connectivity index (χ1v) is 9.41. The highest BCUT2D eigenvalue weighted by molar-refractivity contribution is 9.10. The van der Waals surface area contributed by atoms with Crippen molar-refractivity contribution in [3.8, 4) is 16.3 Å². The molecule has 1 aromatic carbocycles. The fraction of sp³-hybridized carbons (Fsp3) is 0. The van der Waals surface area contributed by atoms with E-state index < -0.39 is 0 Å². The summed E-state index contributed by atoms with van der Waals surface area (Å²) in [5, 5.41) is 2.88. The molecule has 0 spiro atoms. The first-order chi connectivity index (χ1) is 12.7. The smallest absolute Gasteiger partial charge is 0.265 e. The molecule has 0 aliphatic carbocycles. The Hall–Kier alpha value is -2.77. The molecule has 0 saturated heterocycles. The van der Waals surface area contributed by atoms with Crippen molar-refractivity contribution in [3.63, 3.8) is 0 Å². The molecule has 7 heteroatoms. The van der Waals surface area contributed by atoms with Crippen LogP contribution in [0, 0.1) is 0 Å². The molecule has 0 fully saturated rings. The zero-order valence-electron chi connectivity index (χ0n) is 13.5. The van der Waals surface area contributed by atoms with Crippen molar-refractivity contribution in [1.82, 2.24) is 14.5 Å². The van der Waals surface area contributed by atoms with Crippen molar-refractivity contribution in [2.75, 3.05) is 5.32 Å². The van der Waals surface area contributed by atoms with Gasteiger partial charge in [0.25, 0.3) is 5.91 Å². The number of imidazole rings is 1.